The Kier molecular flexibility index (Phi) is 3.57. The van der Waals surface area contributed by atoms with E-state index in [9.17, 15) is 0 Å². The van der Waals surface area contributed by atoms with Crippen molar-refractivity contribution < 1.29 is 0 Å². The van der Waals surface area contributed by atoms with Gasteiger partial charge in [0.2, 0.25) is 0 Å². The Balaban J connectivity index is 2.51. The summed E-state index contributed by atoms with van der Waals surface area (Å²) in [5.41, 5.74) is 11.4. The molecule has 0 aromatic heterocycles. The zero-order valence-electron chi connectivity index (χ0n) is 12.7. The van der Waals surface area contributed by atoms with E-state index in [1.807, 2.05) is 0 Å². The van der Waals surface area contributed by atoms with Crippen molar-refractivity contribution in [1.29, 1.82) is 0 Å². The van der Waals surface area contributed by atoms with Crippen LogP contribution in [0.5, 0.6) is 0 Å². The highest BCUT2D eigenvalue weighted by Gasteiger charge is 2.40. The molecule has 0 aliphatic carbocycles. The number of aryl methyl sites for hydroxylation is 3. The van der Waals surface area contributed by atoms with Gasteiger partial charge in [0.15, 0.2) is 5.96 Å². The topological polar surface area (TPSA) is 41.6 Å². The summed E-state index contributed by atoms with van der Waals surface area (Å²) >= 11 is 0. The minimum Gasteiger partial charge on any atom is -0.370 e. The van der Waals surface area contributed by atoms with Crippen molar-refractivity contribution in [2.45, 2.75) is 46.6 Å². The molecule has 19 heavy (non-hydrogen) atoms. The Morgan fingerprint density at radius 3 is 2.37 bits per heavy atom. The standard InChI is InChI=1S/C16H25N3/c1-6-7-19-15(17)18-10-16(19,5)14-12(3)8-11(2)9-13(14)4/h8-9H,6-7,10H2,1-5H3,(H2,17,18). The van der Waals surface area contributed by atoms with Crippen molar-refractivity contribution in [3.05, 3.63) is 34.4 Å². The molecule has 2 rings (SSSR count). The number of nitrogens with zero attached hydrogens (tertiary/aromatic N) is 2. The van der Waals surface area contributed by atoms with Crippen molar-refractivity contribution in [3.8, 4) is 0 Å². The van der Waals surface area contributed by atoms with E-state index >= 15 is 0 Å². The average Bonchev–Trinajstić information content (AvgIpc) is 2.57. The number of aliphatic imine (C=N–C) groups is 1. The smallest absolute Gasteiger partial charge is 0.192 e. The van der Waals surface area contributed by atoms with Crippen LogP contribution < -0.4 is 5.73 Å². The molecule has 0 radical (unpaired) electrons. The summed E-state index contributed by atoms with van der Waals surface area (Å²) in [6.07, 6.45) is 1.08. The van der Waals surface area contributed by atoms with Crippen LogP contribution in [-0.4, -0.2) is 23.9 Å². The van der Waals surface area contributed by atoms with Crippen molar-refractivity contribution in [3.63, 3.8) is 0 Å². The first kappa shape index (κ1) is 13.9. The van der Waals surface area contributed by atoms with E-state index in [1.165, 1.54) is 22.3 Å². The summed E-state index contributed by atoms with van der Waals surface area (Å²) < 4.78 is 0. The van der Waals surface area contributed by atoms with Gasteiger partial charge in [0.25, 0.3) is 0 Å². The molecule has 2 N–H and O–H groups in total. The monoisotopic (exact) mass is 259 g/mol. The van der Waals surface area contributed by atoms with Crippen molar-refractivity contribution in [1.82, 2.24) is 4.90 Å². The van der Waals surface area contributed by atoms with Gasteiger partial charge in [-0.25, -0.2) is 0 Å². The van der Waals surface area contributed by atoms with E-state index in [1.54, 1.807) is 0 Å². The first-order valence-corrected chi connectivity index (χ1v) is 7.06. The van der Waals surface area contributed by atoms with Gasteiger partial charge in [-0.15, -0.1) is 0 Å². The number of benzene rings is 1. The van der Waals surface area contributed by atoms with Crippen molar-refractivity contribution >= 4 is 5.96 Å². The molecule has 0 spiro atoms. The maximum Gasteiger partial charge on any atom is 0.192 e. The summed E-state index contributed by atoms with van der Waals surface area (Å²) in [5, 5.41) is 0. The summed E-state index contributed by atoms with van der Waals surface area (Å²) in [4.78, 5) is 6.75. The van der Waals surface area contributed by atoms with Gasteiger partial charge in [-0.1, -0.05) is 24.6 Å². The van der Waals surface area contributed by atoms with Crippen LogP contribution >= 0.6 is 0 Å². The molecule has 104 valence electrons. The molecule has 1 heterocycles. The fourth-order valence-electron chi connectivity index (χ4n) is 3.49. The van der Waals surface area contributed by atoms with Crippen molar-refractivity contribution in [2.75, 3.05) is 13.1 Å². The minimum absolute atomic E-state index is 0.0953. The molecule has 1 atom stereocenters. The molecule has 3 heteroatoms. The van der Waals surface area contributed by atoms with Gasteiger partial charge in [-0.3, -0.25) is 4.99 Å². The van der Waals surface area contributed by atoms with Gasteiger partial charge in [-0.05, 0) is 50.8 Å². The predicted octanol–water partition coefficient (Wildman–Crippen LogP) is 2.87. The summed E-state index contributed by atoms with van der Waals surface area (Å²) in [6.45, 7) is 12.7. The molecule has 1 aliphatic rings. The van der Waals surface area contributed by atoms with Gasteiger partial charge < -0.3 is 10.6 Å². The molecule has 0 amide bonds. The second-order valence-electron chi connectivity index (χ2n) is 5.87. The van der Waals surface area contributed by atoms with Gasteiger partial charge in [-0.2, -0.15) is 0 Å². The lowest BCUT2D eigenvalue weighted by molar-refractivity contribution is 0.223. The second kappa shape index (κ2) is 4.87. The van der Waals surface area contributed by atoms with Crippen LogP contribution in [0.25, 0.3) is 0 Å². The number of hydrogen-bond acceptors (Lipinski definition) is 3. The first-order chi connectivity index (χ1) is 8.90. The molecule has 0 fully saturated rings. The Bertz CT molecular complexity index is 496. The lowest BCUT2D eigenvalue weighted by Gasteiger charge is -2.38. The van der Waals surface area contributed by atoms with E-state index in [-0.39, 0.29) is 5.54 Å². The molecule has 0 bridgehead atoms. The maximum absolute atomic E-state index is 6.08. The van der Waals surface area contributed by atoms with Crippen LogP contribution in [0.4, 0.5) is 0 Å². The van der Waals surface area contributed by atoms with Crippen LogP contribution in [0.1, 0.15) is 42.5 Å². The molecule has 0 saturated carbocycles. The largest absolute Gasteiger partial charge is 0.370 e. The molecule has 0 saturated heterocycles. The third-order valence-corrected chi connectivity index (χ3v) is 4.08. The van der Waals surface area contributed by atoms with Gasteiger partial charge >= 0.3 is 0 Å². The summed E-state index contributed by atoms with van der Waals surface area (Å²) in [6, 6.07) is 4.51. The number of nitrogens with two attached hydrogens (primary N) is 1. The van der Waals surface area contributed by atoms with Crippen LogP contribution in [0.15, 0.2) is 17.1 Å². The lowest BCUT2D eigenvalue weighted by atomic mass is 9.83. The zero-order valence-corrected chi connectivity index (χ0v) is 12.7. The van der Waals surface area contributed by atoms with Crippen molar-refractivity contribution in [2.24, 2.45) is 10.7 Å². The third-order valence-electron chi connectivity index (χ3n) is 4.08. The number of hydrogen-bond donors (Lipinski definition) is 1. The fourth-order valence-corrected chi connectivity index (χ4v) is 3.49. The molecular weight excluding hydrogens is 234 g/mol. The van der Waals surface area contributed by atoms with Gasteiger partial charge in [0.05, 0.1) is 12.1 Å². The minimum atomic E-state index is -0.0953. The Labute approximate surface area is 116 Å². The zero-order chi connectivity index (χ0) is 14.2. The third kappa shape index (κ3) is 2.22. The van der Waals surface area contributed by atoms with Crippen LogP contribution in [-0.2, 0) is 5.54 Å². The normalized spacial score (nSPS) is 22.8. The average molecular weight is 259 g/mol. The summed E-state index contributed by atoms with van der Waals surface area (Å²) in [5.74, 6) is 0.684. The molecule has 1 aliphatic heterocycles. The van der Waals surface area contributed by atoms with Crippen LogP contribution in [0.2, 0.25) is 0 Å². The van der Waals surface area contributed by atoms with E-state index in [0.29, 0.717) is 5.96 Å². The SMILES string of the molecule is CCCN1C(N)=NCC1(C)c1c(C)cc(C)cc1C. The molecule has 1 aromatic carbocycles. The Morgan fingerprint density at radius 1 is 1.26 bits per heavy atom. The number of guanidine groups is 1. The highest BCUT2D eigenvalue weighted by molar-refractivity contribution is 5.81. The van der Waals surface area contributed by atoms with Crippen LogP contribution in [0.3, 0.4) is 0 Å². The molecular formula is C16H25N3. The van der Waals surface area contributed by atoms with E-state index < -0.39 is 0 Å². The first-order valence-electron chi connectivity index (χ1n) is 7.06. The van der Waals surface area contributed by atoms with E-state index in [2.05, 4.69) is 56.6 Å². The lowest BCUT2D eigenvalue weighted by Crippen LogP contribution is -2.48. The van der Waals surface area contributed by atoms with Crippen LogP contribution in [0, 0.1) is 20.8 Å². The summed E-state index contributed by atoms with van der Waals surface area (Å²) in [7, 11) is 0. The molecule has 1 aromatic rings. The van der Waals surface area contributed by atoms with E-state index in [4.69, 9.17) is 5.73 Å². The fraction of sp³-hybridized carbons (Fsp3) is 0.562. The van der Waals surface area contributed by atoms with Gasteiger partial charge in [0.1, 0.15) is 0 Å². The molecule has 3 nitrogen and oxygen atoms in total. The highest BCUT2D eigenvalue weighted by atomic mass is 15.3. The Morgan fingerprint density at radius 2 is 1.84 bits per heavy atom. The quantitative estimate of drug-likeness (QED) is 0.907. The number of rotatable bonds is 3. The Hall–Kier alpha value is -1.51. The molecule has 1 unspecified atom stereocenters. The predicted molar refractivity (Wildman–Crippen MR) is 81.5 cm³/mol. The highest BCUT2D eigenvalue weighted by Crippen LogP contribution is 2.37. The van der Waals surface area contributed by atoms with E-state index in [0.717, 1.165) is 19.5 Å². The van der Waals surface area contributed by atoms with Gasteiger partial charge in [0, 0.05) is 6.54 Å². The maximum atomic E-state index is 6.08. The second-order valence-corrected chi connectivity index (χ2v) is 5.87.